The smallest absolute Gasteiger partial charge is 0.337 e. The van der Waals surface area contributed by atoms with Crippen LogP contribution >= 0.6 is 0 Å². The number of nitrogens with two attached hydrogens (primary N) is 1. The lowest BCUT2D eigenvalue weighted by molar-refractivity contribution is 0.0698. The maximum Gasteiger partial charge on any atom is 0.337 e. The van der Waals surface area contributed by atoms with Gasteiger partial charge in [-0.2, -0.15) is 0 Å². The van der Waals surface area contributed by atoms with E-state index in [-0.39, 0.29) is 11.7 Å². The third-order valence-corrected chi connectivity index (χ3v) is 2.92. The van der Waals surface area contributed by atoms with Crippen molar-refractivity contribution in [1.82, 2.24) is 0 Å². The van der Waals surface area contributed by atoms with E-state index in [4.69, 9.17) is 15.6 Å². The lowest BCUT2D eigenvalue weighted by atomic mass is 10.1. The number of carboxylic acid groups (broad SMARTS) is 1. The Morgan fingerprint density at radius 2 is 2.11 bits per heavy atom. The Morgan fingerprint density at radius 1 is 1.47 bits per heavy atom. The molecule has 0 amide bonds. The fraction of sp³-hybridized carbons (Fsp3) is 0.500. The molecule has 1 aromatic carbocycles. The molecule has 0 aliphatic carbocycles. The average molecular weight is 266 g/mol. The molecule has 3 N–H and O–H groups in total. The molecule has 0 atom stereocenters. The first-order chi connectivity index (χ1) is 8.82. The fourth-order valence-electron chi connectivity index (χ4n) is 1.73. The maximum absolute atomic E-state index is 11.1. The number of hydrogen-bond donors (Lipinski definition) is 2. The Hall–Kier alpha value is -1.75. The molecule has 5 nitrogen and oxygen atoms in total. The third kappa shape index (κ3) is 4.13. The summed E-state index contributed by atoms with van der Waals surface area (Å²) in [5.41, 5.74) is 7.84. The number of carbonyl (C=O) groups is 1. The Morgan fingerprint density at radius 3 is 2.63 bits per heavy atom. The van der Waals surface area contributed by atoms with E-state index in [0.717, 1.165) is 11.3 Å². The first-order valence-corrected chi connectivity index (χ1v) is 6.29. The van der Waals surface area contributed by atoms with Crippen molar-refractivity contribution in [3.05, 3.63) is 23.3 Å². The molecule has 0 spiro atoms. The van der Waals surface area contributed by atoms with Crippen LogP contribution in [0.4, 0.5) is 11.4 Å². The highest BCUT2D eigenvalue weighted by atomic mass is 16.5. The van der Waals surface area contributed by atoms with Gasteiger partial charge in [0.05, 0.1) is 18.3 Å². The number of rotatable bonds is 6. The normalized spacial score (nSPS) is 10.8. The Bertz CT molecular complexity index is 458. The van der Waals surface area contributed by atoms with Gasteiger partial charge in [0.15, 0.2) is 0 Å². The molecule has 0 aliphatic rings. The molecular formula is C14H22N2O3. The summed E-state index contributed by atoms with van der Waals surface area (Å²) in [6.07, 6.45) is 0.191. The molecule has 5 heteroatoms. The van der Waals surface area contributed by atoms with E-state index < -0.39 is 5.97 Å². The Kier molecular flexibility index (Phi) is 5.18. The predicted octanol–water partition coefficient (Wildman–Crippen LogP) is 2.14. The van der Waals surface area contributed by atoms with Crippen molar-refractivity contribution >= 4 is 17.3 Å². The molecule has 0 saturated carbocycles. The highest BCUT2D eigenvalue weighted by Gasteiger charge is 2.13. The molecule has 19 heavy (non-hydrogen) atoms. The minimum Gasteiger partial charge on any atom is -0.478 e. The Balaban J connectivity index is 2.85. The SMILES string of the molecule is Cc1cc(N(C)CCOC(C)C)cc(C(=O)O)c1N. The van der Waals surface area contributed by atoms with Crippen LogP contribution in [0, 0.1) is 6.92 Å². The molecule has 0 bridgehead atoms. The molecule has 106 valence electrons. The summed E-state index contributed by atoms with van der Waals surface area (Å²) in [6.45, 7) is 7.07. The van der Waals surface area contributed by atoms with Crippen molar-refractivity contribution in [3.8, 4) is 0 Å². The highest BCUT2D eigenvalue weighted by Crippen LogP contribution is 2.24. The van der Waals surface area contributed by atoms with E-state index >= 15 is 0 Å². The zero-order chi connectivity index (χ0) is 14.6. The van der Waals surface area contributed by atoms with Crippen molar-refractivity contribution in [1.29, 1.82) is 0 Å². The fourth-order valence-corrected chi connectivity index (χ4v) is 1.73. The number of aryl methyl sites for hydroxylation is 1. The molecule has 0 fully saturated rings. The standard InChI is InChI=1S/C14H22N2O3/c1-9(2)19-6-5-16(4)11-7-10(3)13(15)12(8-11)14(17)18/h7-9H,5-6,15H2,1-4H3,(H,17,18). The van der Waals surface area contributed by atoms with Gasteiger partial charge in [-0.25, -0.2) is 4.79 Å². The van der Waals surface area contributed by atoms with Crippen molar-refractivity contribution < 1.29 is 14.6 Å². The molecular weight excluding hydrogens is 244 g/mol. The topological polar surface area (TPSA) is 75.8 Å². The van der Waals surface area contributed by atoms with Crippen molar-refractivity contribution in [2.75, 3.05) is 30.8 Å². The van der Waals surface area contributed by atoms with Gasteiger partial charge in [0, 0.05) is 25.0 Å². The summed E-state index contributed by atoms with van der Waals surface area (Å²) in [6, 6.07) is 3.48. The number of benzene rings is 1. The number of anilines is 2. The summed E-state index contributed by atoms with van der Waals surface area (Å²) in [7, 11) is 1.90. The van der Waals surface area contributed by atoms with Gasteiger partial charge >= 0.3 is 5.97 Å². The van der Waals surface area contributed by atoms with Gasteiger partial charge < -0.3 is 20.5 Å². The van der Waals surface area contributed by atoms with Gasteiger partial charge in [-0.15, -0.1) is 0 Å². The molecule has 0 aromatic heterocycles. The number of likely N-dealkylation sites (N-methyl/N-ethyl adjacent to an activating group) is 1. The molecule has 1 rings (SSSR count). The number of carboxylic acids is 1. The molecule has 0 heterocycles. The van der Waals surface area contributed by atoms with E-state index in [1.54, 1.807) is 6.07 Å². The van der Waals surface area contributed by atoms with Crippen molar-refractivity contribution in [3.63, 3.8) is 0 Å². The van der Waals surface area contributed by atoms with E-state index in [1.165, 1.54) is 0 Å². The van der Waals surface area contributed by atoms with Crippen molar-refractivity contribution in [2.24, 2.45) is 0 Å². The van der Waals surface area contributed by atoms with Crippen LogP contribution in [-0.2, 0) is 4.74 Å². The van der Waals surface area contributed by atoms with Crippen LogP contribution in [0.1, 0.15) is 29.8 Å². The van der Waals surface area contributed by atoms with E-state index in [2.05, 4.69) is 0 Å². The lowest BCUT2D eigenvalue weighted by Crippen LogP contribution is -2.24. The average Bonchev–Trinajstić information content (AvgIpc) is 2.31. The van der Waals surface area contributed by atoms with E-state index in [1.807, 2.05) is 38.8 Å². The monoisotopic (exact) mass is 266 g/mol. The quantitative estimate of drug-likeness (QED) is 0.771. The van der Waals surface area contributed by atoms with Gasteiger partial charge in [-0.3, -0.25) is 0 Å². The third-order valence-electron chi connectivity index (χ3n) is 2.92. The summed E-state index contributed by atoms with van der Waals surface area (Å²) in [4.78, 5) is 13.1. The van der Waals surface area contributed by atoms with Crippen molar-refractivity contribution in [2.45, 2.75) is 26.9 Å². The number of ether oxygens (including phenoxy) is 1. The maximum atomic E-state index is 11.1. The summed E-state index contributed by atoms with van der Waals surface area (Å²) in [5, 5.41) is 9.12. The number of hydrogen-bond acceptors (Lipinski definition) is 4. The van der Waals surface area contributed by atoms with Crippen LogP contribution in [0.25, 0.3) is 0 Å². The number of nitrogen functional groups attached to an aromatic ring is 1. The summed E-state index contributed by atoms with van der Waals surface area (Å²) in [5.74, 6) is -1.01. The predicted molar refractivity (Wildman–Crippen MR) is 76.9 cm³/mol. The minimum absolute atomic E-state index is 0.145. The second kappa shape index (κ2) is 6.43. The molecule has 1 aromatic rings. The van der Waals surface area contributed by atoms with Gasteiger partial charge in [0.25, 0.3) is 0 Å². The molecule has 0 aliphatic heterocycles. The zero-order valence-corrected chi connectivity index (χ0v) is 11.9. The van der Waals surface area contributed by atoms with E-state index in [9.17, 15) is 4.79 Å². The van der Waals surface area contributed by atoms with Crippen LogP contribution in [0.15, 0.2) is 12.1 Å². The van der Waals surface area contributed by atoms with Gasteiger partial charge in [-0.1, -0.05) is 0 Å². The van der Waals surface area contributed by atoms with Crippen LogP contribution in [0.3, 0.4) is 0 Å². The van der Waals surface area contributed by atoms with Gasteiger partial charge in [0.2, 0.25) is 0 Å². The first-order valence-electron chi connectivity index (χ1n) is 6.29. The second-order valence-corrected chi connectivity index (χ2v) is 4.87. The molecule has 0 unspecified atom stereocenters. The second-order valence-electron chi connectivity index (χ2n) is 4.87. The largest absolute Gasteiger partial charge is 0.478 e. The summed E-state index contributed by atoms with van der Waals surface area (Å²) >= 11 is 0. The Labute approximate surface area is 114 Å². The first kappa shape index (κ1) is 15.3. The van der Waals surface area contributed by atoms with Gasteiger partial charge in [0.1, 0.15) is 0 Å². The number of aromatic carboxylic acids is 1. The minimum atomic E-state index is -1.01. The van der Waals surface area contributed by atoms with E-state index in [0.29, 0.717) is 18.8 Å². The molecule has 0 saturated heterocycles. The zero-order valence-electron chi connectivity index (χ0n) is 11.9. The van der Waals surface area contributed by atoms with Crippen LogP contribution in [0.5, 0.6) is 0 Å². The summed E-state index contributed by atoms with van der Waals surface area (Å²) < 4.78 is 5.48. The molecule has 0 radical (unpaired) electrons. The lowest BCUT2D eigenvalue weighted by Gasteiger charge is -2.21. The van der Waals surface area contributed by atoms with Crippen LogP contribution in [-0.4, -0.2) is 37.4 Å². The van der Waals surface area contributed by atoms with Crippen LogP contribution in [0.2, 0.25) is 0 Å². The van der Waals surface area contributed by atoms with Crippen LogP contribution < -0.4 is 10.6 Å². The number of nitrogens with zero attached hydrogens (tertiary/aromatic N) is 1. The van der Waals surface area contributed by atoms with Gasteiger partial charge in [-0.05, 0) is 38.5 Å². The highest BCUT2D eigenvalue weighted by molar-refractivity contribution is 5.95.